The van der Waals surface area contributed by atoms with Crippen LogP contribution in [0.3, 0.4) is 0 Å². The summed E-state index contributed by atoms with van der Waals surface area (Å²) in [7, 11) is 2.24. The molecule has 1 aliphatic heterocycles. The largest absolute Gasteiger partial charge is 0.314 e. The van der Waals surface area contributed by atoms with E-state index in [4.69, 9.17) is 0 Å². The molecule has 1 spiro atoms. The van der Waals surface area contributed by atoms with Gasteiger partial charge in [-0.3, -0.25) is 4.90 Å². The van der Waals surface area contributed by atoms with Gasteiger partial charge >= 0.3 is 0 Å². The fraction of sp³-hybridized carbons (Fsp3) is 1.00. The van der Waals surface area contributed by atoms with Crippen molar-refractivity contribution in [1.29, 1.82) is 0 Å². The van der Waals surface area contributed by atoms with Crippen LogP contribution < -0.4 is 5.32 Å². The molecular weight excluding hydrogens is 136 g/mol. The van der Waals surface area contributed by atoms with Crippen molar-refractivity contribution in [2.24, 2.45) is 0 Å². The zero-order chi connectivity index (χ0) is 8.32. The number of hydrogen-bond donors (Lipinski definition) is 1. The first-order valence-electron chi connectivity index (χ1n) is 4.75. The Morgan fingerprint density at radius 1 is 1.27 bits per heavy atom. The van der Waals surface area contributed by atoms with Gasteiger partial charge in [-0.2, -0.15) is 0 Å². The van der Waals surface area contributed by atoms with Crippen molar-refractivity contribution in [1.82, 2.24) is 10.2 Å². The van der Waals surface area contributed by atoms with Crippen molar-refractivity contribution in [3.05, 3.63) is 0 Å². The van der Waals surface area contributed by atoms with Gasteiger partial charge in [0.2, 0.25) is 0 Å². The minimum atomic E-state index is 0.609. The average molecular weight is 156 g/mol. The topological polar surface area (TPSA) is 15.3 Å². The van der Waals surface area contributed by atoms with E-state index in [1.807, 2.05) is 13.8 Å². The molecule has 1 N–H and O–H groups in total. The van der Waals surface area contributed by atoms with Gasteiger partial charge in [0.05, 0.1) is 0 Å². The number of nitrogens with zero attached hydrogens (tertiary/aromatic N) is 1. The summed E-state index contributed by atoms with van der Waals surface area (Å²) in [5.41, 5.74) is 0.609. The molecule has 2 fully saturated rings. The maximum Gasteiger partial charge on any atom is 0.0332 e. The molecule has 0 aromatic heterocycles. The van der Waals surface area contributed by atoms with Crippen LogP contribution >= 0.6 is 0 Å². The van der Waals surface area contributed by atoms with Crippen LogP contribution in [-0.2, 0) is 0 Å². The third-order valence-corrected chi connectivity index (χ3v) is 2.71. The van der Waals surface area contributed by atoms with E-state index in [1.165, 1.54) is 32.5 Å². The lowest BCUT2D eigenvalue weighted by Gasteiger charge is -2.33. The molecule has 0 atom stereocenters. The first-order valence-corrected chi connectivity index (χ1v) is 4.75. The van der Waals surface area contributed by atoms with Crippen LogP contribution in [0.15, 0.2) is 0 Å². The van der Waals surface area contributed by atoms with Crippen LogP contribution in [0.2, 0.25) is 0 Å². The average Bonchev–Trinajstić information content (AvgIpc) is 2.82. The van der Waals surface area contributed by atoms with Gasteiger partial charge < -0.3 is 5.32 Å². The summed E-state index contributed by atoms with van der Waals surface area (Å²) >= 11 is 0. The fourth-order valence-corrected chi connectivity index (χ4v) is 1.64. The lowest BCUT2D eigenvalue weighted by Crippen LogP contribution is -2.51. The summed E-state index contributed by atoms with van der Waals surface area (Å²) in [6.45, 7) is 7.64. The molecule has 0 radical (unpaired) electrons. The van der Waals surface area contributed by atoms with E-state index in [2.05, 4.69) is 17.3 Å². The van der Waals surface area contributed by atoms with Crippen molar-refractivity contribution in [2.45, 2.75) is 32.2 Å². The molecule has 1 aliphatic carbocycles. The van der Waals surface area contributed by atoms with Gasteiger partial charge in [-0.05, 0) is 19.9 Å². The van der Waals surface area contributed by atoms with E-state index >= 15 is 0 Å². The first-order chi connectivity index (χ1) is 5.33. The molecular formula is C9H20N2. The second-order valence-corrected chi connectivity index (χ2v) is 3.32. The molecule has 1 saturated carbocycles. The van der Waals surface area contributed by atoms with E-state index in [0.29, 0.717) is 5.54 Å². The molecule has 0 unspecified atom stereocenters. The highest BCUT2D eigenvalue weighted by Crippen LogP contribution is 2.40. The van der Waals surface area contributed by atoms with Crippen molar-refractivity contribution >= 4 is 0 Å². The second kappa shape index (κ2) is 3.55. The lowest BCUT2D eigenvalue weighted by molar-refractivity contribution is 0.180. The standard InChI is InChI=1S/C7H14N2.C2H6/c1-9-5-4-8-6-7(9)2-3-7;1-2/h8H,2-6H2,1H3;1-2H3. The summed E-state index contributed by atoms with van der Waals surface area (Å²) in [6.07, 6.45) is 2.83. The Bertz CT molecular complexity index is 119. The Hall–Kier alpha value is -0.0800. The van der Waals surface area contributed by atoms with Gasteiger partial charge in [-0.25, -0.2) is 0 Å². The third kappa shape index (κ3) is 1.74. The monoisotopic (exact) mass is 156 g/mol. The normalized spacial score (nSPS) is 27.5. The highest BCUT2D eigenvalue weighted by atomic mass is 15.3. The van der Waals surface area contributed by atoms with Gasteiger partial charge in [0.15, 0.2) is 0 Å². The predicted octanol–water partition coefficient (Wildman–Crippen LogP) is 1.08. The van der Waals surface area contributed by atoms with Gasteiger partial charge in [0.25, 0.3) is 0 Å². The molecule has 0 aromatic rings. The van der Waals surface area contributed by atoms with Crippen LogP contribution in [-0.4, -0.2) is 37.1 Å². The molecule has 66 valence electrons. The molecule has 2 rings (SSSR count). The summed E-state index contributed by atoms with van der Waals surface area (Å²) < 4.78 is 0. The third-order valence-electron chi connectivity index (χ3n) is 2.71. The van der Waals surface area contributed by atoms with Gasteiger partial charge in [-0.15, -0.1) is 0 Å². The molecule has 0 aromatic carbocycles. The summed E-state index contributed by atoms with van der Waals surface area (Å²) in [5, 5.41) is 3.43. The fourth-order valence-electron chi connectivity index (χ4n) is 1.64. The maximum atomic E-state index is 3.43. The molecule has 1 heterocycles. The molecule has 0 bridgehead atoms. The Morgan fingerprint density at radius 3 is 2.27 bits per heavy atom. The number of nitrogens with one attached hydrogen (secondary N) is 1. The van der Waals surface area contributed by atoms with Crippen molar-refractivity contribution in [3.63, 3.8) is 0 Å². The number of likely N-dealkylation sites (N-methyl/N-ethyl adjacent to an activating group) is 1. The number of hydrogen-bond acceptors (Lipinski definition) is 2. The van der Waals surface area contributed by atoms with Crippen LogP contribution in [0.4, 0.5) is 0 Å². The molecule has 2 aliphatic rings. The van der Waals surface area contributed by atoms with E-state index in [0.717, 1.165) is 0 Å². The van der Waals surface area contributed by atoms with Crippen molar-refractivity contribution < 1.29 is 0 Å². The lowest BCUT2D eigenvalue weighted by atomic mass is 10.2. The van der Waals surface area contributed by atoms with E-state index in [9.17, 15) is 0 Å². The minimum Gasteiger partial charge on any atom is -0.314 e. The Balaban J connectivity index is 0.000000281. The summed E-state index contributed by atoms with van der Waals surface area (Å²) in [5.74, 6) is 0. The van der Waals surface area contributed by atoms with Crippen LogP contribution in [0, 0.1) is 0 Å². The predicted molar refractivity (Wildman–Crippen MR) is 48.8 cm³/mol. The Morgan fingerprint density at radius 2 is 1.91 bits per heavy atom. The first kappa shape index (κ1) is 9.01. The smallest absolute Gasteiger partial charge is 0.0332 e. The van der Waals surface area contributed by atoms with E-state index in [1.54, 1.807) is 0 Å². The summed E-state index contributed by atoms with van der Waals surface area (Å²) in [6, 6.07) is 0. The second-order valence-electron chi connectivity index (χ2n) is 3.32. The van der Waals surface area contributed by atoms with Crippen molar-refractivity contribution in [2.75, 3.05) is 26.7 Å². The zero-order valence-electron chi connectivity index (χ0n) is 7.98. The molecule has 2 heteroatoms. The van der Waals surface area contributed by atoms with Crippen molar-refractivity contribution in [3.8, 4) is 0 Å². The zero-order valence-corrected chi connectivity index (χ0v) is 7.98. The molecule has 2 nitrogen and oxygen atoms in total. The number of rotatable bonds is 0. The van der Waals surface area contributed by atoms with Crippen LogP contribution in [0.25, 0.3) is 0 Å². The highest BCUT2D eigenvalue weighted by molar-refractivity contribution is 5.06. The highest BCUT2D eigenvalue weighted by Gasteiger charge is 2.46. The van der Waals surface area contributed by atoms with E-state index in [-0.39, 0.29) is 0 Å². The quantitative estimate of drug-likeness (QED) is 0.564. The molecule has 11 heavy (non-hydrogen) atoms. The van der Waals surface area contributed by atoms with Gasteiger partial charge in [0, 0.05) is 25.2 Å². The minimum absolute atomic E-state index is 0.609. The molecule has 0 amide bonds. The summed E-state index contributed by atoms with van der Waals surface area (Å²) in [4.78, 5) is 2.50. The Kier molecular flexibility index (Phi) is 2.90. The Labute approximate surface area is 70.0 Å². The van der Waals surface area contributed by atoms with Gasteiger partial charge in [-0.1, -0.05) is 13.8 Å². The molecule has 1 saturated heterocycles. The van der Waals surface area contributed by atoms with Gasteiger partial charge in [0.1, 0.15) is 0 Å². The maximum absolute atomic E-state index is 3.43. The number of piperazine rings is 1. The SMILES string of the molecule is CC.CN1CCNCC12CC2. The van der Waals surface area contributed by atoms with Crippen LogP contribution in [0.1, 0.15) is 26.7 Å². The van der Waals surface area contributed by atoms with E-state index < -0.39 is 0 Å². The van der Waals surface area contributed by atoms with Crippen LogP contribution in [0.5, 0.6) is 0 Å².